The molecule has 96 valence electrons. The zero-order valence-corrected chi connectivity index (χ0v) is 10.6. The summed E-state index contributed by atoms with van der Waals surface area (Å²) in [6.07, 6.45) is 5.60. The smallest absolute Gasteiger partial charge is 0.220 e. The molecule has 0 saturated carbocycles. The number of amides is 1. The van der Waals surface area contributed by atoms with E-state index in [9.17, 15) is 4.79 Å². The summed E-state index contributed by atoms with van der Waals surface area (Å²) in [5, 5.41) is 3.00. The van der Waals surface area contributed by atoms with Gasteiger partial charge in [-0.3, -0.25) is 4.79 Å². The molecule has 1 unspecified atom stereocenters. The predicted molar refractivity (Wildman–Crippen MR) is 66.2 cm³/mol. The molecule has 0 aromatic carbocycles. The van der Waals surface area contributed by atoms with Crippen LogP contribution in [0.3, 0.4) is 0 Å². The lowest BCUT2D eigenvalue weighted by Crippen LogP contribution is -2.37. The first-order valence-corrected chi connectivity index (χ1v) is 6.23. The summed E-state index contributed by atoms with van der Waals surface area (Å²) in [5.74, 6) is 0.132. The van der Waals surface area contributed by atoms with Crippen LogP contribution >= 0.6 is 0 Å². The van der Waals surface area contributed by atoms with Gasteiger partial charge in [0.05, 0.1) is 12.6 Å². The largest absolute Gasteiger partial charge is 0.383 e. The molecule has 16 heavy (non-hydrogen) atoms. The number of hydrogen-bond acceptors (Lipinski definition) is 3. The Balaban J connectivity index is 3.63. The molecule has 0 heterocycles. The molecule has 0 aliphatic rings. The topological polar surface area (TPSA) is 64.3 Å². The van der Waals surface area contributed by atoms with Gasteiger partial charge in [0.2, 0.25) is 5.91 Å². The second-order valence-corrected chi connectivity index (χ2v) is 4.11. The van der Waals surface area contributed by atoms with Crippen molar-refractivity contribution in [3.05, 3.63) is 0 Å². The van der Waals surface area contributed by atoms with Gasteiger partial charge in [-0.25, -0.2) is 0 Å². The van der Waals surface area contributed by atoms with Crippen LogP contribution in [0, 0.1) is 0 Å². The van der Waals surface area contributed by atoms with Crippen LogP contribution in [0.25, 0.3) is 0 Å². The van der Waals surface area contributed by atoms with Crippen LogP contribution in [0.15, 0.2) is 0 Å². The molecular formula is C12H26N2O2. The van der Waals surface area contributed by atoms with Crippen molar-refractivity contribution in [2.75, 3.05) is 20.3 Å². The fourth-order valence-electron chi connectivity index (χ4n) is 1.65. The maximum absolute atomic E-state index is 11.6. The van der Waals surface area contributed by atoms with Gasteiger partial charge in [-0.05, 0) is 25.8 Å². The van der Waals surface area contributed by atoms with Crippen molar-refractivity contribution in [2.24, 2.45) is 5.73 Å². The molecule has 0 bridgehead atoms. The lowest BCUT2D eigenvalue weighted by Gasteiger charge is -2.17. The normalized spacial score (nSPS) is 12.4. The van der Waals surface area contributed by atoms with Crippen LogP contribution in [-0.2, 0) is 9.53 Å². The molecule has 3 N–H and O–H groups in total. The fraction of sp³-hybridized carbons (Fsp3) is 0.917. The molecule has 0 spiro atoms. The number of carbonyl (C=O) groups is 1. The lowest BCUT2D eigenvalue weighted by atomic mass is 10.1. The summed E-state index contributed by atoms with van der Waals surface area (Å²) in [6.45, 7) is 3.42. The first kappa shape index (κ1) is 15.4. The SMILES string of the molecule is CCCC(COC)NC(=O)CCCCCN. The van der Waals surface area contributed by atoms with Gasteiger partial charge in [0, 0.05) is 13.5 Å². The Bertz CT molecular complexity index is 168. The minimum absolute atomic E-state index is 0.132. The van der Waals surface area contributed by atoms with Gasteiger partial charge in [0.25, 0.3) is 0 Å². The molecule has 4 nitrogen and oxygen atoms in total. The van der Waals surface area contributed by atoms with Crippen LogP contribution < -0.4 is 11.1 Å². The number of nitrogens with one attached hydrogen (secondary N) is 1. The van der Waals surface area contributed by atoms with Crippen molar-refractivity contribution in [3.8, 4) is 0 Å². The Hall–Kier alpha value is -0.610. The van der Waals surface area contributed by atoms with E-state index in [1.165, 1.54) is 0 Å². The Morgan fingerprint density at radius 3 is 2.69 bits per heavy atom. The monoisotopic (exact) mass is 230 g/mol. The minimum Gasteiger partial charge on any atom is -0.383 e. The maximum atomic E-state index is 11.6. The maximum Gasteiger partial charge on any atom is 0.220 e. The summed E-state index contributed by atoms with van der Waals surface area (Å²) in [7, 11) is 1.66. The third-order valence-electron chi connectivity index (χ3n) is 2.48. The summed E-state index contributed by atoms with van der Waals surface area (Å²) in [5.41, 5.74) is 5.39. The molecular weight excluding hydrogens is 204 g/mol. The molecule has 0 rings (SSSR count). The Labute approximate surface area is 98.9 Å². The molecule has 0 aliphatic carbocycles. The standard InChI is InChI=1S/C12H26N2O2/c1-3-7-11(10-16-2)14-12(15)8-5-4-6-9-13/h11H,3-10,13H2,1-2H3,(H,14,15). The number of methoxy groups -OCH3 is 1. The van der Waals surface area contributed by atoms with E-state index in [0.29, 0.717) is 19.6 Å². The summed E-state index contributed by atoms with van der Waals surface area (Å²) in [4.78, 5) is 11.6. The number of nitrogens with two attached hydrogens (primary N) is 1. The first-order chi connectivity index (χ1) is 7.74. The molecule has 1 amide bonds. The third kappa shape index (κ3) is 8.68. The van der Waals surface area contributed by atoms with E-state index < -0.39 is 0 Å². The van der Waals surface area contributed by atoms with E-state index in [1.807, 2.05) is 0 Å². The highest BCUT2D eigenvalue weighted by molar-refractivity contribution is 5.76. The van der Waals surface area contributed by atoms with Gasteiger partial charge < -0.3 is 15.8 Å². The fourth-order valence-corrected chi connectivity index (χ4v) is 1.65. The van der Waals surface area contributed by atoms with E-state index >= 15 is 0 Å². The van der Waals surface area contributed by atoms with E-state index in [0.717, 1.165) is 32.1 Å². The van der Waals surface area contributed by atoms with E-state index in [2.05, 4.69) is 12.2 Å². The Morgan fingerprint density at radius 1 is 1.38 bits per heavy atom. The van der Waals surface area contributed by atoms with Crippen molar-refractivity contribution in [3.63, 3.8) is 0 Å². The number of hydrogen-bond donors (Lipinski definition) is 2. The molecule has 0 aromatic heterocycles. The van der Waals surface area contributed by atoms with Gasteiger partial charge in [-0.1, -0.05) is 19.8 Å². The van der Waals surface area contributed by atoms with Crippen LogP contribution in [0.1, 0.15) is 45.4 Å². The first-order valence-electron chi connectivity index (χ1n) is 6.23. The number of unbranched alkanes of at least 4 members (excludes halogenated alkanes) is 2. The molecule has 0 fully saturated rings. The van der Waals surface area contributed by atoms with Crippen molar-refractivity contribution >= 4 is 5.91 Å². The average molecular weight is 230 g/mol. The van der Waals surface area contributed by atoms with Crippen LogP contribution in [0.5, 0.6) is 0 Å². The van der Waals surface area contributed by atoms with Gasteiger partial charge in [-0.2, -0.15) is 0 Å². The highest BCUT2D eigenvalue weighted by atomic mass is 16.5. The Morgan fingerprint density at radius 2 is 2.12 bits per heavy atom. The summed E-state index contributed by atoms with van der Waals surface area (Å²) >= 11 is 0. The van der Waals surface area contributed by atoms with Gasteiger partial charge in [-0.15, -0.1) is 0 Å². The van der Waals surface area contributed by atoms with Gasteiger partial charge in [0.15, 0.2) is 0 Å². The molecule has 1 atom stereocenters. The van der Waals surface area contributed by atoms with Crippen molar-refractivity contribution in [1.82, 2.24) is 5.32 Å². The van der Waals surface area contributed by atoms with Crippen molar-refractivity contribution in [2.45, 2.75) is 51.5 Å². The molecule has 4 heteroatoms. The highest BCUT2D eigenvalue weighted by Crippen LogP contribution is 2.01. The highest BCUT2D eigenvalue weighted by Gasteiger charge is 2.10. The number of rotatable bonds is 10. The summed E-state index contributed by atoms with van der Waals surface area (Å²) in [6, 6.07) is 0.164. The third-order valence-corrected chi connectivity index (χ3v) is 2.48. The van der Waals surface area contributed by atoms with Crippen LogP contribution in [-0.4, -0.2) is 32.2 Å². The van der Waals surface area contributed by atoms with E-state index in [-0.39, 0.29) is 11.9 Å². The van der Waals surface area contributed by atoms with E-state index in [4.69, 9.17) is 10.5 Å². The lowest BCUT2D eigenvalue weighted by molar-refractivity contribution is -0.122. The van der Waals surface area contributed by atoms with E-state index in [1.54, 1.807) is 7.11 Å². The predicted octanol–water partition coefficient (Wildman–Crippen LogP) is 1.44. The number of carbonyl (C=O) groups excluding carboxylic acids is 1. The summed E-state index contributed by atoms with van der Waals surface area (Å²) < 4.78 is 5.07. The Kier molecular flexibility index (Phi) is 10.5. The second kappa shape index (κ2) is 10.9. The zero-order valence-electron chi connectivity index (χ0n) is 10.6. The molecule has 0 radical (unpaired) electrons. The zero-order chi connectivity index (χ0) is 12.2. The van der Waals surface area contributed by atoms with Gasteiger partial charge >= 0.3 is 0 Å². The second-order valence-electron chi connectivity index (χ2n) is 4.11. The molecule has 0 aliphatic heterocycles. The van der Waals surface area contributed by atoms with Crippen LogP contribution in [0.2, 0.25) is 0 Å². The van der Waals surface area contributed by atoms with Crippen molar-refractivity contribution < 1.29 is 9.53 Å². The molecule has 0 saturated heterocycles. The van der Waals surface area contributed by atoms with Gasteiger partial charge in [0.1, 0.15) is 0 Å². The number of ether oxygens (including phenoxy) is 1. The van der Waals surface area contributed by atoms with Crippen molar-refractivity contribution in [1.29, 1.82) is 0 Å². The minimum atomic E-state index is 0.132. The van der Waals surface area contributed by atoms with Crippen LogP contribution in [0.4, 0.5) is 0 Å². The average Bonchev–Trinajstić information content (AvgIpc) is 2.25. The molecule has 0 aromatic rings. The quantitative estimate of drug-likeness (QED) is 0.558.